The van der Waals surface area contributed by atoms with Gasteiger partial charge in [0.15, 0.2) is 6.29 Å². The molecule has 20 heavy (non-hydrogen) atoms. The monoisotopic (exact) mass is 285 g/mol. The summed E-state index contributed by atoms with van der Waals surface area (Å²) in [6.07, 6.45) is 2.99. The maximum Gasteiger partial charge on any atom is 0.153 e. The molecule has 0 radical (unpaired) electrons. The Labute approximate surface area is 124 Å². The molecule has 1 unspecified atom stereocenters. The molecule has 3 rings (SSSR count). The van der Waals surface area contributed by atoms with Crippen LogP contribution in [0, 0.1) is 0 Å². The zero-order valence-corrected chi connectivity index (χ0v) is 12.1. The second kappa shape index (κ2) is 5.29. The van der Waals surface area contributed by atoms with Crippen molar-refractivity contribution in [2.24, 2.45) is 0 Å². The number of hydrogen-bond acceptors (Lipinski definition) is 2. The number of carbonyl (C=O) groups is 1. The Morgan fingerprint density at radius 2 is 1.90 bits per heavy atom. The normalized spacial score (nSPS) is 17.7. The minimum Gasteiger partial charge on any atom is -0.338 e. The Morgan fingerprint density at radius 1 is 1.15 bits per heavy atom. The second-order valence-corrected chi connectivity index (χ2v) is 5.58. The summed E-state index contributed by atoms with van der Waals surface area (Å²) in [5, 5.41) is 0.507. The Morgan fingerprint density at radius 3 is 2.70 bits per heavy atom. The second-order valence-electron chi connectivity index (χ2n) is 5.18. The third-order valence-electron chi connectivity index (χ3n) is 3.93. The molecule has 0 saturated carbocycles. The van der Waals surface area contributed by atoms with E-state index in [1.807, 2.05) is 18.2 Å². The molecular weight excluding hydrogens is 270 g/mol. The highest BCUT2D eigenvalue weighted by atomic mass is 35.5. The van der Waals surface area contributed by atoms with Crippen LogP contribution in [0.3, 0.4) is 0 Å². The van der Waals surface area contributed by atoms with Gasteiger partial charge in [0.2, 0.25) is 0 Å². The Bertz CT molecular complexity index is 653. The summed E-state index contributed by atoms with van der Waals surface area (Å²) < 4.78 is 0. The van der Waals surface area contributed by atoms with Crippen LogP contribution in [-0.4, -0.2) is 12.3 Å². The van der Waals surface area contributed by atoms with Gasteiger partial charge in [-0.15, -0.1) is 0 Å². The Kier molecular flexibility index (Phi) is 3.49. The quantitative estimate of drug-likeness (QED) is 0.750. The van der Waals surface area contributed by atoms with Crippen LogP contribution in [-0.2, 0) is 6.42 Å². The molecule has 2 aromatic rings. The fraction of sp³-hybridized carbons (Fsp3) is 0.235. The maximum absolute atomic E-state index is 11.4. The lowest BCUT2D eigenvalue weighted by Crippen LogP contribution is -2.33. The molecule has 0 amide bonds. The molecule has 1 heterocycles. The molecule has 0 fully saturated rings. The number of benzene rings is 2. The van der Waals surface area contributed by atoms with Gasteiger partial charge in [-0.25, -0.2) is 0 Å². The van der Waals surface area contributed by atoms with Crippen LogP contribution in [0.25, 0.3) is 0 Å². The van der Waals surface area contributed by atoms with Gasteiger partial charge in [0.05, 0.1) is 16.3 Å². The smallest absolute Gasteiger partial charge is 0.153 e. The number of aryl methyl sites for hydroxylation is 1. The maximum atomic E-state index is 11.4. The first-order valence-electron chi connectivity index (χ1n) is 6.83. The fourth-order valence-electron chi connectivity index (χ4n) is 2.91. The SMILES string of the molecule is CC1CCc2ccccc2N1c1cccc(Cl)c1C=O. The molecule has 2 nitrogen and oxygen atoms in total. The van der Waals surface area contributed by atoms with Gasteiger partial charge in [-0.1, -0.05) is 35.9 Å². The summed E-state index contributed by atoms with van der Waals surface area (Å²) in [6, 6.07) is 14.3. The molecule has 1 aliphatic rings. The van der Waals surface area contributed by atoms with Crippen LogP contribution in [0.2, 0.25) is 5.02 Å². The molecule has 1 aliphatic heterocycles. The molecule has 2 aromatic carbocycles. The number of rotatable bonds is 2. The lowest BCUT2D eigenvalue weighted by atomic mass is 9.95. The van der Waals surface area contributed by atoms with Crippen molar-refractivity contribution in [3.8, 4) is 0 Å². The molecule has 1 atom stereocenters. The van der Waals surface area contributed by atoms with Gasteiger partial charge >= 0.3 is 0 Å². The first-order chi connectivity index (χ1) is 9.72. The predicted octanol–water partition coefficient (Wildman–Crippen LogP) is 4.63. The topological polar surface area (TPSA) is 20.3 Å². The standard InChI is InChI=1S/C17H16ClNO/c1-12-9-10-13-5-2-3-7-16(13)19(12)17-8-4-6-15(18)14(17)11-20/h2-8,11-12H,9-10H2,1H3. The summed E-state index contributed by atoms with van der Waals surface area (Å²) >= 11 is 6.17. The van der Waals surface area contributed by atoms with Gasteiger partial charge in [0.1, 0.15) is 0 Å². The van der Waals surface area contributed by atoms with E-state index in [2.05, 4.69) is 30.0 Å². The van der Waals surface area contributed by atoms with E-state index >= 15 is 0 Å². The van der Waals surface area contributed by atoms with Crippen molar-refractivity contribution in [3.05, 3.63) is 58.6 Å². The van der Waals surface area contributed by atoms with Gasteiger partial charge in [0.25, 0.3) is 0 Å². The van der Waals surface area contributed by atoms with E-state index in [0.717, 1.165) is 24.8 Å². The van der Waals surface area contributed by atoms with Crippen molar-refractivity contribution >= 4 is 29.3 Å². The number of carbonyl (C=O) groups excluding carboxylic acids is 1. The Balaban J connectivity index is 2.19. The van der Waals surface area contributed by atoms with E-state index in [1.165, 1.54) is 11.3 Å². The molecule has 3 heteroatoms. The number of nitrogens with zero attached hydrogens (tertiary/aromatic N) is 1. The van der Waals surface area contributed by atoms with E-state index in [1.54, 1.807) is 6.07 Å². The van der Waals surface area contributed by atoms with Crippen molar-refractivity contribution in [2.45, 2.75) is 25.8 Å². The number of aldehydes is 1. The highest BCUT2D eigenvalue weighted by molar-refractivity contribution is 6.33. The van der Waals surface area contributed by atoms with E-state index < -0.39 is 0 Å². The van der Waals surface area contributed by atoms with Crippen LogP contribution in [0.1, 0.15) is 29.3 Å². The van der Waals surface area contributed by atoms with E-state index in [4.69, 9.17) is 11.6 Å². The van der Waals surface area contributed by atoms with Gasteiger partial charge < -0.3 is 4.90 Å². The summed E-state index contributed by atoms with van der Waals surface area (Å²) in [5.41, 5.74) is 3.96. The van der Waals surface area contributed by atoms with Crippen LogP contribution in [0.5, 0.6) is 0 Å². The highest BCUT2D eigenvalue weighted by Gasteiger charge is 2.26. The number of anilines is 2. The third-order valence-corrected chi connectivity index (χ3v) is 4.26. The number of para-hydroxylation sites is 1. The number of halogens is 1. The first-order valence-corrected chi connectivity index (χ1v) is 7.21. The average molecular weight is 286 g/mol. The van der Waals surface area contributed by atoms with E-state index in [9.17, 15) is 4.79 Å². The number of fused-ring (bicyclic) bond motifs is 1. The lowest BCUT2D eigenvalue weighted by molar-refractivity contribution is 0.112. The summed E-state index contributed by atoms with van der Waals surface area (Å²) in [6.45, 7) is 2.19. The van der Waals surface area contributed by atoms with Crippen molar-refractivity contribution in [1.29, 1.82) is 0 Å². The minimum atomic E-state index is 0.349. The Hall–Kier alpha value is -1.80. The van der Waals surface area contributed by atoms with Crippen molar-refractivity contribution < 1.29 is 4.79 Å². The molecule has 0 saturated heterocycles. The van der Waals surface area contributed by atoms with Crippen molar-refractivity contribution in [1.82, 2.24) is 0 Å². The van der Waals surface area contributed by atoms with Gasteiger partial charge in [0, 0.05) is 11.7 Å². The van der Waals surface area contributed by atoms with Crippen LogP contribution in [0.4, 0.5) is 11.4 Å². The van der Waals surface area contributed by atoms with Gasteiger partial charge in [-0.3, -0.25) is 4.79 Å². The zero-order valence-electron chi connectivity index (χ0n) is 11.3. The fourth-order valence-corrected chi connectivity index (χ4v) is 3.12. The van der Waals surface area contributed by atoms with Crippen LogP contribution >= 0.6 is 11.6 Å². The molecule has 0 aromatic heterocycles. The molecule has 0 aliphatic carbocycles. The van der Waals surface area contributed by atoms with E-state index in [-0.39, 0.29) is 0 Å². The van der Waals surface area contributed by atoms with Crippen molar-refractivity contribution in [3.63, 3.8) is 0 Å². The summed E-state index contributed by atoms with van der Waals surface area (Å²) in [7, 11) is 0. The third kappa shape index (κ3) is 2.10. The lowest BCUT2D eigenvalue weighted by Gasteiger charge is -2.37. The number of hydrogen-bond donors (Lipinski definition) is 0. The van der Waals surface area contributed by atoms with Crippen LogP contribution < -0.4 is 4.90 Å². The molecule has 0 bridgehead atoms. The molecule has 0 spiro atoms. The zero-order chi connectivity index (χ0) is 14.1. The van der Waals surface area contributed by atoms with Gasteiger partial charge in [-0.05, 0) is 43.5 Å². The highest BCUT2D eigenvalue weighted by Crippen LogP contribution is 2.39. The van der Waals surface area contributed by atoms with Crippen molar-refractivity contribution in [2.75, 3.05) is 4.90 Å². The summed E-state index contributed by atoms with van der Waals surface area (Å²) in [5.74, 6) is 0. The largest absolute Gasteiger partial charge is 0.338 e. The summed E-state index contributed by atoms with van der Waals surface area (Å²) in [4.78, 5) is 13.6. The molecule has 102 valence electrons. The average Bonchev–Trinajstić information content (AvgIpc) is 2.47. The van der Waals surface area contributed by atoms with Crippen LogP contribution in [0.15, 0.2) is 42.5 Å². The van der Waals surface area contributed by atoms with E-state index in [0.29, 0.717) is 16.6 Å². The van der Waals surface area contributed by atoms with Gasteiger partial charge in [-0.2, -0.15) is 0 Å². The predicted molar refractivity (Wildman–Crippen MR) is 83.2 cm³/mol. The minimum absolute atomic E-state index is 0.349. The first kappa shape index (κ1) is 13.2. The molecular formula is C17H16ClNO. The molecule has 0 N–H and O–H groups in total.